The van der Waals surface area contributed by atoms with Gasteiger partial charge in [0, 0.05) is 27.6 Å². The molecule has 0 N–H and O–H groups in total. The molecule has 2 aliphatic carbocycles. The largest absolute Gasteiger partial charge is 0.261 e. The van der Waals surface area contributed by atoms with Crippen molar-refractivity contribution >= 4 is 17.5 Å². The van der Waals surface area contributed by atoms with Gasteiger partial charge in [-0.05, 0) is 38.0 Å². The van der Waals surface area contributed by atoms with Crippen molar-refractivity contribution < 1.29 is 0 Å². The van der Waals surface area contributed by atoms with E-state index in [2.05, 4.69) is 32.1 Å². The number of hydrogen-bond donors (Lipinski definition) is 0. The molecule has 0 aromatic carbocycles. The molecule has 2 heteroatoms. The van der Waals surface area contributed by atoms with Gasteiger partial charge in [0.05, 0.1) is 0 Å². The van der Waals surface area contributed by atoms with Crippen molar-refractivity contribution in [2.45, 2.75) is 58.8 Å². The van der Waals surface area contributed by atoms with Gasteiger partial charge < -0.3 is 0 Å². The average molecular weight is 287 g/mol. The summed E-state index contributed by atoms with van der Waals surface area (Å²) in [6.45, 7) is 4.46. The van der Waals surface area contributed by atoms with E-state index < -0.39 is 0 Å². The van der Waals surface area contributed by atoms with Crippen LogP contribution < -0.4 is 0 Å². The number of rotatable bonds is 3. The Morgan fingerprint density at radius 3 is 2.70 bits per heavy atom. The lowest BCUT2D eigenvalue weighted by molar-refractivity contribution is 0.437. The third-order valence-electron chi connectivity index (χ3n) is 4.65. The van der Waals surface area contributed by atoms with Crippen LogP contribution in [0.1, 0.15) is 58.8 Å². The van der Waals surface area contributed by atoms with E-state index in [-0.39, 0.29) is 0 Å². The standard InChI is InChI=1S/C18H25NS/c1-13-8-10-16(11-9-13)20-18-12-17(19-14(18)2)15-6-4-3-5-7-15/h8,10-11,13,15H,3-7,9,12H2,1-2H3. The van der Waals surface area contributed by atoms with Gasteiger partial charge in [0.15, 0.2) is 0 Å². The maximum Gasteiger partial charge on any atom is 0.0474 e. The van der Waals surface area contributed by atoms with Crippen molar-refractivity contribution in [2.75, 3.05) is 0 Å². The van der Waals surface area contributed by atoms with Crippen molar-refractivity contribution in [2.24, 2.45) is 16.8 Å². The molecule has 0 aromatic heterocycles. The summed E-state index contributed by atoms with van der Waals surface area (Å²) in [5.74, 6) is 1.47. The topological polar surface area (TPSA) is 12.4 Å². The minimum atomic E-state index is 0.701. The Kier molecular flexibility index (Phi) is 4.50. The predicted molar refractivity (Wildman–Crippen MR) is 89.9 cm³/mol. The van der Waals surface area contributed by atoms with Crippen LogP contribution >= 0.6 is 11.8 Å². The van der Waals surface area contributed by atoms with E-state index in [1.807, 2.05) is 11.8 Å². The van der Waals surface area contributed by atoms with Crippen molar-refractivity contribution in [3.63, 3.8) is 0 Å². The summed E-state index contributed by atoms with van der Waals surface area (Å²) in [4.78, 5) is 7.79. The molecular weight excluding hydrogens is 262 g/mol. The number of thioether (sulfide) groups is 1. The van der Waals surface area contributed by atoms with Crippen LogP contribution in [0.25, 0.3) is 0 Å². The fraction of sp³-hybridized carbons (Fsp3) is 0.611. The third kappa shape index (κ3) is 3.28. The number of nitrogens with zero attached hydrogens (tertiary/aromatic N) is 1. The van der Waals surface area contributed by atoms with Crippen LogP contribution in [-0.4, -0.2) is 5.71 Å². The highest BCUT2D eigenvalue weighted by atomic mass is 32.2. The third-order valence-corrected chi connectivity index (χ3v) is 5.88. The molecule has 0 bridgehead atoms. The van der Waals surface area contributed by atoms with Crippen LogP contribution in [0.4, 0.5) is 0 Å². The van der Waals surface area contributed by atoms with Gasteiger partial charge in [-0.3, -0.25) is 4.99 Å². The molecule has 1 fully saturated rings. The summed E-state index contributed by atoms with van der Waals surface area (Å²) in [5, 5.41) is 0. The SMILES string of the molecule is CC1=C(SC2=CCC(C)C=C2)CC(C2CCCCC2)=N1. The van der Waals surface area contributed by atoms with Gasteiger partial charge in [-0.2, -0.15) is 0 Å². The summed E-state index contributed by atoms with van der Waals surface area (Å²) in [6, 6.07) is 0. The molecule has 0 amide bonds. The van der Waals surface area contributed by atoms with Gasteiger partial charge in [-0.15, -0.1) is 0 Å². The Bertz CT molecular complexity index is 490. The minimum absolute atomic E-state index is 0.701. The quantitative estimate of drug-likeness (QED) is 0.633. The first-order valence-corrected chi connectivity index (χ1v) is 8.87. The van der Waals surface area contributed by atoms with Gasteiger partial charge in [0.1, 0.15) is 0 Å². The summed E-state index contributed by atoms with van der Waals surface area (Å²) in [6.07, 6.45) is 16.3. The summed E-state index contributed by atoms with van der Waals surface area (Å²) in [7, 11) is 0. The van der Waals surface area contributed by atoms with Crippen molar-refractivity contribution in [3.05, 3.63) is 33.7 Å². The zero-order chi connectivity index (χ0) is 13.9. The van der Waals surface area contributed by atoms with Crippen LogP contribution in [0.5, 0.6) is 0 Å². The lowest BCUT2D eigenvalue weighted by atomic mass is 9.85. The molecule has 1 heterocycles. The Hall–Kier alpha value is -0.760. The zero-order valence-corrected chi connectivity index (χ0v) is 13.5. The zero-order valence-electron chi connectivity index (χ0n) is 12.7. The fourth-order valence-electron chi connectivity index (χ4n) is 3.32. The van der Waals surface area contributed by atoms with Crippen molar-refractivity contribution in [1.82, 2.24) is 0 Å². The molecule has 1 nitrogen and oxygen atoms in total. The summed E-state index contributed by atoms with van der Waals surface area (Å²) >= 11 is 1.95. The number of hydrogen-bond acceptors (Lipinski definition) is 2. The van der Waals surface area contributed by atoms with Crippen molar-refractivity contribution in [3.8, 4) is 0 Å². The highest BCUT2D eigenvalue weighted by Crippen LogP contribution is 2.40. The second kappa shape index (κ2) is 6.34. The Balaban J connectivity index is 1.60. The van der Waals surface area contributed by atoms with Gasteiger partial charge >= 0.3 is 0 Å². The molecule has 20 heavy (non-hydrogen) atoms. The van der Waals surface area contributed by atoms with E-state index in [1.54, 1.807) is 0 Å². The molecule has 3 rings (SSSR count). The molecule has 0 spiro atoms. The number of aliphatic imine (C=N–C) groups is 1. The molecular formula is C18H25NS. The maximum atomic E-state index is 4.90. The maximum absolute atomic E-state index is 4.90. The predicted octanol–water partition coefficient (Wildman–Crippen LogP) is 5.86. The van der Waals surface area contributed by atoms with E-state index in [1.165, 1.54) is 59.7 Å². The van der Waals surface area contributed by atoms with Crippen LogP contribution in [0.15, 0.2) is 38.7 Å². The molecule has 108 valence electrons. The van der Waals surface area contributed by atoms with Crippen LogP contribution in [0.3, 0.4) is 0 Å². The molecule has 1 unspecified atom stereocenters. The lowest BCUT2D eigenvalue weighted by Gasteiger charge is -2.21. The van der Waals surface area contributed by atoms with Crippen LogP contribution in [0, 0.1) is 11.8 Å². The van der Waals surface area contributed by atoms with E-state index in [9.17, 15) is 0 Å². The minimum Gasteiger partial charge on any atom is -0.261 e. The van der Waals surface area contributed by atoms with E-state index >= 15 is 0 Å². The molecule has 0 saturated heterocycles. The highest BCUT2D eigenvalue weighted by molar-refractivity contribution is 8.07. The Labute approximate surface area is 127 Å². The first-order valence-electron chi connectivity index (χ1n) is 8.06. The Morgan fingerprint density at radius 1 is 1.20 bits per heavy atom. The number of allylic oxidation sites excluding steroid dienone is 5. The highest BCUT2D eigenvalue weighted by Gasteiger charge is 2.25. The molecule has 0 radical (unpaired) electrons. The normalized spacial score (nSPS) is 27.8. The lowest BCUT2D eigenvalue weighted by Crippen LogP contribution is -2.16. The van der Waals surface area contributed by atoms with E-state index in [0.29, 0.717) is 5.92 Å². The molecule has 1 saturated carbocycles. The smallest absolute Gasteiger partial charge is 0.0474 e. The van der Waals surface area contributed by atoms with Crippen LogP contribution in [0.2, 0.25) is 0 Å². The van der Waals surface area contributed by atoms with Gasteiger partial charge in [-0.1, -0.05) is 56.2 Å². The average Bonchev–Trinajstić information content (AvgIpc) is 2.84. The first kappa shape index (κ1) is 14.2. The summed E-state index contributed by atoms with van der Waals surface area (Å²) in [5.41, 5.74) is 2.74. The first-order chi connectivity index (χ1) is 9.72. The van der Waals surface area contributed by atoms with Crippen molar-refractivity contribution in [1.29, 1.82) is 0 Å². The van der Waals surface area contributed by atoms with Gasteiger partial charge in [-0.25, -0.2) is 0 Å². The molecule has 1 atom stereocenters. The van der Waals surface area contributed by atoms with Gasteiger partial charge in [0.25, 0.3) is 0 Å². The second-order valence-corrected chi connectivity index (χ2v) is 7.57. The van der Waals surface area contributed by atoms with Crippen LogP contribution in [-0.2, 0) is 0 Å². The van der Waals surface area contributed by atoms with E-state index in [4.69, 9.17) is 4.99 Å². The van der Waals surface area contributed by atoms with E-state index in [0.717, 1.165) is 12.3 Å². The van der Waals surface area contributed by atoms with Gasteiger partial charge in [0.2, 0.25) is 0 Å². The fourth-order valence-corrected chi connectivity index (χ4v) is 4.34. The molecule has 3 aliphatic rings. The molecule has 1 aliphatic heterocycles. The molecule has 0 aromatic rings. The summed E-state index contributed by atoms with van der Waals surface area (Å²) < 4.78 is 0. The Morgan fingerprint density at radius 2 is 2.00 bits per heavy atom. The monoisotopic (exact) mass is 287 g/mol. The second-order valence-electron chi connectivity index (χ2n) is 6.40.